The summed E-state index contributed by atoms with van der Waals surface area (Å²) in [4.78, 5) is 14.1. The van der Waals surface area contributed by atoms with Crippen LogP contribution in [0, 0.1) is 0 Å². The van der Waals surface area contributed by atoms with Crippen LogP contribution in [-0.2, 0) is 4.74 Å². The van der Waals surface area contributed by atoms with Crippen molar-refractivity contribution in [3.63, 3.8) is 0 Å². The summed E-state index contributed by atoms with van der Waals surface area (Å²) in [5.41, 5.74) is 3.40. The van der Waals surface area contributed by atoms with E-state index >= 15 is 0 Å². The van der Waals surface area contributed by atoms with Gasteiger partial charge in [-0.15, -0.1) is 0 Å². The Morgan fingerprint density at radius 2 is 1.87 bits per heavy atom. The molecule has 1 amide bonds. The van der Waals surface area contributed by atoms with Gasteiger partial charge in [-0.1, -0.05) is 19.1 Å². The quantitative estimate of drug-likeness (QED) is 0.824. The van der Waals surface area contributed by atoms with Crippen molar-refractivity contribution < 1.29 is 14.3 Å². The smallest absolute Gasteiger partial charge is 0.410 e. The van der Waals surface area contributed by atoms with Crippen molar-refractivity contribution in [1.29, 1.82) is 0 Å². The largest absolute Gasteiger partial charge is 0.497 e. The molecule has 1 aliphatic heterocycles. The molecule has 0 unspecified atom stereocenters. The molecule has 4 nitrogen and oxygen atoms in total. The topological polar surface area (TPSA) is 38.8 Å². The third kappa shape index (κ3) is 4.50. The second kappa shape index (κ2) is 7.07. The van der Waals surface area contributed by atoms with E-state index in [-0.39, 0.29) is 6.09 Å². The molecule has 1 aliphatic rings. The van der Waals surface area contributed by atoms with Gasteiger partial charge in [0.05, 0.1) is 7.11 Å². The number of hydrogen-bond acceptors (Lipinski definition) is 3. The molecule has 4 heteroatoms. The van der Waals surface area contributed by atoms with Crippen LogP contribution in [0.4, 0.5) is 4.79 Å². The van der Waals surface area contributed by atoms with E-state index in [2.05, 4.69) is 19.1 Å². The number of hydrogen-bond donors (Lipinski definition) is 0. The van der Waals surface area contributed by atoms with Gasteiger partial charge in [0, 0.05) is 13.1 Å². The van der Waals surface area contributed by atoms with Gasteiger partial charge in [0.25, 0.3) is 0 Å². The highest BCUT2D eigenvalue weighted by atomic mass is 16.6. The van der Waals surface area contributed by atoms with Gasteiger partial charge in [-0.2, -0.15) is 0 Å². The molecule has 0 bridgehead atoms. The van der Waals surface area contributed by atoms with Crippen molar-refractivity contribution in [2.45, 2.75) is 46.1 Å². The van der Waals surface area contributed by atoms with Crippen LogP contribution in [0.5, 0.6) is 5.75 Å². The lowest BCUT2D eigenvalue weighted by Crippen LogP contribution is -2.40. The lowest BCUT2D eigenvalue weighted by molar-refractivity contribution is 0.0263. The monoisotopic (exact) mass is 317 g/mol. The normalized spacial score (nSPS) is 15.6. The summed E-state index contributed by atoms with van der Waals surface area (Å²) in [6.07, 6.45) is 1.56. The van der Waals surface area contributed by atoms with Crippen molar-refractivity contribution in [3.8, 4) is 5.75 Å². The Morgan fingerprint density at radius 1 is 1.22 bits per heavy atom. The fourth-order valence-electron chi connectivity index (χ4n) is 2.78. The summed E-state index contributed by atoms with van der Waals surface area (Å²) >= 11 is 0. The van der Waals surface area contributed by atoms with Gasteiger partial charge in [0.15, 0.2) is 0 Å². The molecule has 0 saturated heterocycles. The highest BCUT2D eigenvalue weighted by Crippen LogP contribution is 2.30. The first kappa shape index (κ1) is 17.4. The van der Waals surface area contributed by atoms with Gasteiger partial charge >= 0.3 is 6.09 Å². The first-order valence-electron chi connectivity index (χ1n) is 8.17. The van der Waals surface area contributed by atoms with Crippen LogP contribution in [0.1, 0.15) is 46.1 Å². The van der Waals surface area contributed by atoms with Gasteiger partial charge < -0.3 is 14.4 Å². The van der Waals surface area contributed by atoms with E-state index in [1.807, 2.05) is 32.9 Å². The summed E-state index contributed by atoms with van der Waals surface area (Å²) < 4.78 is 10.7. The lowest BCUT2D eigenvalue weighted by atomic mass is 9.92. The van der Waals surface area contributed by atoms with Gasteiger partial charge in [-0.25, -0.2) is 4.79 Å². The van der Waals surface area contributed by atoms with Crippen LogP contribution in [-0.4, -0.2) is 36.8 Å². The van der Waals surface area contributed by atoms with Crippen molar-refractivity contribution in [2.75, 3.05) is 20.2 Å². The molecule has 0 N–H and O–H groups in total. The van der Waals surface area contributed by atoms with E-state index in [1.54, 1.807) is 12.0 Å². The van der Waals surface area contributed by atoms with Crippen LogP contribution >= 0.6 is 0 Å². The third-order valence-corrected chi connectivity index (χ3v) is 3.96. The maximum Gasteiger partial charge on any atom is 0.410 e. The molecule has 1 heterocycles. The zero-order chi connectivity index (χ0) is 17.0. The summed E-state index contributed by atoms with van der Waals surface area (Å²) in [6, 6.07) is 8.14. The lowest BCUT2D eigenvalue weighted by Gasteiger charge is -2.32. The maximum absolute atomic E-state index is 12.3. The second-order valence-electron chi connectivity index (χ2n) is 6.82. The molecule has 0 spiro atoms. The fourth-order valence-corrected chi connectivity index (χ4v) is 2.78. The first-order chi connectivity index (χ1) is 10.8. The molecular weight excluding hydrogens is 290 g/mol. The Bertz CT molecular complexity index is 582. The average molecular weight is 317 g/mol. The van der Waals surface area contributed by atoms with Crippen LogP contribution in [0.3, 0.4) is 0 Å². The van der Waals surface area contributed by atoms with E-state index < -0.39 is 5.60 Å². The van der Waals surface area contributed by atoms with E-state index in [0.717, 1.165) is 18.6 Å². The van der Waals surface area contributed by atoms with Crippen LogP contribution in [0.15, 0.2) is 29.8 Å². The number of benzene rings is 1. The molecular formula is C19H27NO3. The Balaban J connectivity index is 2.16. The number of rotatable bonds is 3. The van der Waals surface area contributed by atoms with Crippen molar-refractivity contribution in [3.05, 3.63) is 35.4 Å². The Labute approximate surface area is 139 Å². The van der Waals surface area contributed by atoms with Gasteiger partial charge in [0.2, 0.25) is 0 Å². The maximum atomic E-state index is 12.3. The third-order valence-electron chi connectivity index (χ3n) is 3.96. The predicted molar refractivity (Wildman–Crippen MR) is 92.6 cm³/mol. The second-order valence-corrected chi connectivity index (χ2v) is 6.82. The van der Waals surface area contributed by atoms with Gasteiger partial charge in [0.1, 0.15) is 11.4 Å². The molecule has 126 valence electrons. The molecule has 0 saturated carbocycles. The number of carbonyl (C=O) groups excluding carboxylic acids is 1. The minimum absolute atomic E-state index is 0.225. The van der Waals surface area contributed by atoms with E-state index in [1.165, 1.54) is 16.7 Å². The molecule has 1 aromatic carbocycles. The standard InChI is InChI=1S/C19H27NO3/c1-6-14-13-20(18(21)23-19(2,3)4)12-11-17(14)15-7-9-16(22-5)10-8-15/h7-10H,6,11-13H2,1-5H3. The summed E-state index contributed by atoms with van der Waals surface area (Å²) in [6.45, 7) is 9.17. The number of amides is 1. The van der Waals surface area contributed by atoms with Gasteiger partial charge in [-0.3, -0.25) is 0 Å². The van der Waals surface area contributed by atoms with Crippen LogP contribution < -0.4 is 4.74 Å². The Kier molecular flexibility index (Phi) is 5.34. The van der Waals surface area contributed by atoms with E-state index in [0.29, 0.717) is 13.1 Å². The molecule has 0 fully saturated rings. The molecule has 2 rings (SSSR count). The van der Waals surface area contributed by atoms with E-state index in [9.17, 15) is 4.79 Å². The number of carbonyl (C=O) groups is 1. The zero-order valence-electron chi connectivity index (χ0n) is 14.8. The van der Waals surface area contributed by atoms with Gasteiger partial charge in [-0.05, 0) is 62.5 Å². The SMILES string of the molecule is CCC1=C(c2ccc(OC)cc2)CCN(C(=O)OC(C)(C)C)C1. The Hall–Kier alpha value is -1.97. The summed E-state index contributed by atoms with van der Waals surface area (Å²) in [5.74, 6) is 0.860. The molecule has 0 aliphatic carbocycles. The number of ether oxygens (including phenoxy) is 2. The minimum atomic E-state index is -0.455. The van der Waals surface area contributed by atoms with Crippen LogP contribution in [0.25, 0.3) is 5.57 Å². The highest BCUT2D eigenvalue weighted by molar-refractivity contribution is 5.75. The minimum Gasteiger partial charge on any atom is -0.497 e. The molecule has 0 aromatic heterocycles. The van der Waals surface area contributed by atoms with Crippen molar-refractivity contribution in [2.24, 2.45) is 0 Å². The fraction of sp³-hybridized carbons (Fsp3) is 0.526. The zero-order valence-corrected chi connectivity index (χ0v) is 14.8. The average Bonchev–Trinajstić information content (AvgIpc) is 2.52. The van der Waals surface area contributed by atoms with E-state index in [4.69, 9.17) is 9.47 Å². The molecule has 1 aromatic rings. The highest BCUT2D eigenvalue weighted by Gasteiger charge is 2.26. The molecule has 0 radical (unpaired) electrons. The number of nitrogens with zero attached hydrogens (tertiary/aromatic N) is 1. The van der Waals surface area contributed by atoms with Crippen LogP contribution in [0.2, 0.25) is 0 Å². The summed E-state index contributed by atoms with van der Waals surface area (Å²) in [5, 5.41) is 0. The number of methoxy groups -OCH3 is 1. The van der Waals surface area contributed by atoms with Crippen molar-refractivity contribution >= 4 is 11.7 Å². The first-order valence-corrected chi connectivity index (χ1v) is 8.17. The Morgan fingerprint density at radius 3 is 2.39 bits per heavy atom. The molecule has 0 atom stereocenters. The van der Waals surface area contributed by atoms with Crippen molar-refractivity contribution in [1.82, 2.24) is 4.90 Å². The predicted octanol–water partition coefficient (Wildman–Crippen LogP) is 4.50. The summed E-state index contributed by atoms with van der Waals surface area (Å²) in [7, 11) is 1.67. The molecule has 23 heavy (non-hydrogen) atoms.